The van der Waals surface area contributed by atoms with Gasteiger partial charge in [-0.05, 0) is 31.2 Å². The monoisotopic (exact) mass is 343 g/mol. The molecule has 6 nitrogen and oxygen atoms in total. The Morgan fingerprint density at radius 3 is 2.92 bits per heavy atom. The zero-order valence-corrected chi connectivity index (χ0v) is 14.2. The van der Waals surface area contributed by atoms with Crippen LogP contribution in [0.5, 0.6) is 0 Å². The summed E-state index contributed by atoms with van der Waals surface area (Å²) in [7, 11) is 0. The van der Waals surface area contributed by atoms with E-state index in [1.54, 1.807) is 12.3 Å². The maximum atomic E-state index is 12.3. The molecule has 0 bridgehead atoms. The Bertz CT molecular complexity index is 1110. The molecule has 3 heterocycles. The maximum Gasteiger partial charge on any atom is 0.244 e. The first-order valence-electron chi connectivity index (χ1n) is 8.34. The van der Waals surface area contributed by atoms with Gasteiger partial charge in [-0.2, -0.15) is 0 Å². The van der Waals surface area contributed by atoms with Gasteiger partial charge < -0.3 is 5.32 Å². The molecule has 1 N–H and O–H groups in total. The Morgan fingerprint density at radius 2 is 2.00 bits per heavy atom. The topological polar surface area (TPSA) is 72.2 Å². The second-order valence-corrected chi connectivity index (χ2v) is 5.97. The predicted octanol–water partition coefficient (Wildman–Crippen LogP) is 3.17. The summed E-state index contributed by atoms with van der Waals surface area (Å²) in [5, 5.41) is 12.2. The molecule has 0 saturated heterocycles. The molecule has 0 radical (unpaired) electrons. The van der Waals surface area contributed by atoms with Crippen LogP contribution < -0.4 is 5.32 Å². The van der Waals surface area contributed by atoms with Crippen molar-refractivity contribution >= 4 is 28.5 Å². The lowest BCUT2D eigenvalue weighted by molar-refractivity contribution is -0.117. The van der Waals surface area contributed by atoms with E-state index in [2.05, 4.69) is 20.5 Å². The van der Waals surface area contributed by atoms with E-state index in [9.17, 15) is 4.79 Å². The third kappa shape index (κ3) is 3.04. The molecule has 26 heavy (non-hydrogen) atoms. The molecule has 6 heteroatoms. The fraction of sp³-hybridized carbons (Fsp3) is 0.100. The summed E-state index contributed by atoms with van der Waals surface area (Å²) in [6.07, 6.45) is 6.92. The van der Waals surface area contributed by atoms with Crippen LogP contribution in [0.1, 0.15) is 24.4 Å². The van der Waals surface area contributed by atoms with Crippen LogP contribution in [0, 0.1) is 0 Å². The summed E-state index contributed by atoms with van der Waals surface area (Å²) in [5.74, 6) is 0.493. The highest BCUT2D eigenvalue weighted by Crippen LogP contribution is 2.17. The van der Waals surface area contributed by atoms with Crippen LogP contribution in [-0.4, -0.2) is 25.5 Å². The van der Waals surface area contributed by atoms with Crippen molar-refractivity contribution in [2.45, 2.75) is 13.0 Å². The lowest BCUT2D eigenvalue weighted by Gasteiger charge is -2.10. The van der Waals surface area contributed by atoms with Gasteiger partial charge in [0.2, 0.25) is 5.91 Å². The molecule has 1 aromatic carbocycles. The van der Waals surface area contributed by atoms with Gasteiger partial charge in [0.25, 0.3) is 0 Å². The maximum absolute atomic E-state index is 12.3. The summed E-state index contributed by atoms with van der Waals surface area (Å²) >= 11 is 0. The molecule has 1 amide bonds. The van der Waals surface area contributed by atoms with E-state index < -0.39 is 0 Å². The van der Waals surface area contributed by atoms with Gasteiger partial charge in [0.15, 0.2) is 11.5 Å². The third-order valence-electron chi connectivity index (χ3n) is 4.16. The molecular formula is C20H17N5O. The Labute approximate surface area is 150 Å². The number of hydrogen-bond donors (Lipinski definition) is 1. The number of rotatable bonds is 4. The number of nitrogens with zero attached hydrogens (tertiary/aromatic N) is 4. The van der Waals surface area contributed by atoms with Crippen molar-refractivity contribution in [2.75, 3.05) is 0 Å². The number of pyridine rings is 2. The normalized spacial score (nSPS) is 12.7. The van der Waals surface area contributed by atoms with Crippen molar-refractivity contribution < 1.29 is 4.79 Å². The second-order valence-electron chi connectivity index (χ2n) is 5.97. The number of nitrogens with one attached hydrogen (secondary N) is 1. The molecule has 0 saturated carbocycles. The van der Waals surface area contributed by atoms with E-state index in [0.717, 1.165) is 22.1 Å². The van der Waals surface area contributed by atoms with Crippen molar-refractivity contribution in [2.24, 2.45) is 0 Å². The van der Waals surface area contributed by atoms with Crippen LogP contribution in [0.15, 0.2) is 67.0 Å². The van der Waals surface area contributed by atoms with Gasteiger partial charge in [0.05, 0.1) is 11.6 Å². The van der Waals surface area contributed by atoms with Crippen molar-refractivity contribution in [3.8, 4) is 0 Å². The van der Waals surface area contributed by atoms with E-state index in [4.69, 9.17) is 0 Å². The number of carbonyl (C=O) groups is 1. The number of amides is 1. The molecule has 0 unspecified atom stereocenters. The second kappa shape index (κ2) is 6.76. The average molecular weight is 343 g/mol. The minimum absolute atomic E-state index is 0.196. The van der Waals surface area contributed by atoms with Crippen molar-refractivity contribution in [1.29, 1.82) is 0 Å². The third-order valence-corrected chi connectivity index (χ3v) is 4.16. The molecule has 3 aromatic heterocycles. The molecular weight excluding hydrogens is 326 g/mol. The standard InChI is InChI=1S/C20H17N5O/c1-14(20-24-23-17-9-2-3-13-25(17)20)22-18(26)11-10-16-7-4-6-15-8-5-12-21-19(15)16/h2-14H,1H3,(H,22,26)/b11-10-/t14-/m0/s1. The number of hydrogen-bond acceptors (Lipinski definition) is 4. The molecule has 0 aliphatic rings. The Morgan fingerprint density at radius 1 is 1.12 bits per heavy atom. The predicted molar refractivity (Wildman–Crippen MR) is 100 cm³/mol. The highest BCUT2D eigenvalue weighted by atomic mass is 16.1. The van der Waals surface area contributed by atoms with Gasteiger partial charge in [-0.25, -0.2) is 0 Å². The van der Waals surface area contributed by atoms with Crippen molar-refractivity contribution in [3.05, 3.63) is 78.4 Å². The number of fused-ring (bicyclic) bond motifs is 2. The molecule has 0 spiro atoms. The van der Waals surface area contributed by atoms with E-state index in [0.29, 0.717) is 5.82 Å². The molecule has 128 valence electrons. The first-order chi connectivity index (χ1) is 12.7. The van der Waals surface area contributed by atoms with Crippen molar-refractivity contribution in [1.82, 2.24) is 24.9 Å². The quantitative estimate of drug-likeness (QED) is 0.578. The van der Waals surface area contributed by atoms with E-state index in [1.165, 1.54) is 6.08 Å². The zero-order valence-electron chi connectivity index (χ0n) is 14.2. The van der Waals surface area contributed by atoms with Crippen LogP contribution in [0.2, 0.25) is 0 Å². The molecule has 0 aliphatic carbocycles. The first-order valence-corrected chi connectivity index (χ1v) is 8.34. The summed E-state index contributed by atoms with van der Waals surface area (Å²) in [6, 6.07) is 15.2. The SMILES string of the molecule is C[C@H](NC(=O)/C=C\c1cccc2cccnc12)c1nnc2ccccn12. The summed E-state index contributed by atoms with van der Waals surface area (Å²) in [6.45, 7) is 1.88. The van der Waals surface area contributed by atoms with Gasteiger partial charge >= 0.3 is 0 Å². The Kier molecular flexibility index (Phi) is 4.15. The number of aromatic nitrogens is 4. The largest absolute Gasteiger partial charge is 0.343 e. The zero-order chi connectivity index (χ0) is 17.9. The fourth-order valence-corrected chi connectivity index (χ4v) is 2.91. The highest BCUT2D eigenvalue weighted by Gasteiger charge is 2.14. The van der Waals surface area contributed by atoms with E-state index in [1.807, 2.05) is 66.1 Å². The number of para-hydroxylation sites is 1. The summed E-state index contributed by atoms with van der Waals surface area (Å²) in [5.41, 5.74) is 2.52. The molecule has 0 fully saturated rings. The highest BCUT2D eigenvalue weighted by molar-refractivity contribution is 5.95. The Hall–Kier alpha value is -3.54. The summed E-state index contributed by atoms with van der Waals surface area (Å²) in [4.78, 5) is 16.7. The fourth-order valence-electron chi connectivity index (χ4n) is 2.91. The minimum atomic E-state index is -0.268. The van der Waals surface area contributed by atoms with Gasteiger partial charge in [0, 0.05) is 29.4 Å². The summed E-state index contributed by atoms with van der Waals surface area (Å²) < 4.78 is 1.86. The molecule has 0 aliphatic heterocycles. The van der Waals surface area contributed by atoms with Crippen LogP contribution in [0.25, 0.3) is 22.6 Å². The van der Waals surface area contributed by atoms with Crippen LogP contribution in [0.4, 0.5) is 0 Å². The minimum Gasteiger partial charge on any atom is -0.343 e. The van der Waals surface area contributed by atoms with Gasteiger partial charge in [0.1, 0.15) is 0 Å². The van der Waals surface area contributed by atoms with E-state index in [-0.39, 0.29) is 11.9 Å². The van der Waals surface area contributed by atoms with Gasteiger partial charge in [-0.3, -0.25) is 14.2 Å². The van der Waals surface area contributed by atoms with Crippen molar-refractivity contribution in [3.63, 3.8) is 0 Å². The lowest BCUT2D eigenvalue weighted by atomic mass is 10.1. The molecule has 4 rings (SSSR count). The van der Waals surface area contributed by atoms with E-state index >= 15 is 0 Å². The smallest absolute Gasteiger partial charge is 0.244 e. The van der Waals surface area contributed by atoms with Gasteiger partial charge in [-0.15, -0.1) is 10.2 Å². The lowest BCUT2D eigenvalue weighted by Crippen LogP contribution is -2.26. The first kappa shape index (κ1) is 16.0. The van der Waals surface area contributed by atoms with Gasteiger partial charge in [-0.1, -0.05) is 30.3 Å². The number of carbonyl (C=O) groups excluding carboxylic acids is 1. The van der Waals surface area contributed by atoms with Crippen LogP contribution in [-0.2, 0) is 4.79 Å². The van der Waals surface area contributed by atoms with Crippen LogP contribution in [0.3, 0.4) is 0 Å². The average Bonchev–Trinajstić information content (AvgIpc) is 3.10. The molecule has 4 aromatic rings. The Balaban J connectivity index is 1.52. The molecule has 1 atom stereocenters. The number of benzene rings is 1. The van der Waals surface area contributed by atoms with Crippen LogP contribution >= 0.6 is 0 Å².